The number of esters is 1. The number of halogens is 3. The number of benzene rings is 2. The van der Waals surface area contributed by atoms with Gasteiger partial charge in [0.1, 0.15) is 11.5 Å². The van der Waals surface area contributed by atoms with Gasteiger partial charge in [-0.2, -0.15) is 0 Å². The largest absolute Gasteiger partial charge is 0.466 e. The third kappa shape index (κ3) is 4.45. The second-order valence-electron chi connectivity index (χ2n) is 4.59. The molecule has 0 aliphatic rings. The van der Waals surface area contributed by atoms with Crippen LogP contribution in [0.15, 0.2) is 51.9 Å². The smallest absolute Gasteiger partial charge is 0.311 e. The Morgan fingerprint density at radius 3 is 2.61 bits per heavy atom. The van der Waals surface area contributed by atoms with Gasteiger partial charge in [0.25, 0.3) is 0 Å². The molecule has 6 heteroatoms. The number of ether oxygens (including phenoxy) is 1. The van der Waals surface area contributed by atoms with Crippen molar-refractivity contribution in [3.8, 4) is 0 Å². The minimum Gasteiger partial charge on any atom is -0.466 e. The van der Waals surface area contributed by atoms with Gasteiger partial charge in [0.15, 0.2) is 5.82 Å². The molecule has 0 radical (unpaired) electrons. The molecule has 0 fully saturated rings. The van der Waals surface area contributed by atoms with E-state index < -0.39 is 17.6 Å². The Bertz CT molecular complexity index is 747. The van der Waals surface area contributed by atoms with Crippen molar-refractivity contribution in [3.63, 3.8) is 0 Å². The number of carbonyl (C=O) groups is 1. The SMILES string of the molecule is CCOC(=O)CC(=Nc1cccc(Br)c1F)c1ccccc1F. The maximum Gasteiger partial charge on any atom is 0.311 e. The van der Waals surface area contributed by atoms with E-state index in [2.05, 4.69) is 20.9 Å². The summed E-state index contributed by atoms with van der Waals surface area (Å²) in [6, 6.07) is 10.5. The van der Waals surface area contributed by atoms with Crippen LogP contribution in [0.3, 0.4) is 0 Å². The number of aliphatic imine (C=N–C) groups is 1. The second-order valence-corrected chi connectivity index (χ2v) is 5.45. The van der Waals surface area contributed by atoms with E-state index in [1.165, 1.54) is 30.3 Å². The van der Waals surface area contributed by atoms with Crippen LogP contribution in [0.25, 0.3) is 0 Å². The van der Waals surface area contributed by atoms with Crippen molar-refractivity contribution in [1.82, 2.24) is 0 Å². The summed E-state index contributed by atoms with van der Waals surface area (Å²) in [7, 11) is 0. The van der Waals surface area contributed by atoms with E-state index in [1.807, 2.05) is 0 Å². The molecule has 23 heavy (non-hydrogen) atoms. The molecular formula is C17H14BrF2NO2. The monoisotopic (exact) mass is 381 g/mol. The number of rotatable bonds is 5. The van der Waals surface area contributed by atoms with Gasteiger partial charge in [0.2, 0.25) is 0 Å². The van der Waals surface area contributed by atoms with Crippen molar-refractivity contribution < 1.29 is 18.3 Å². The highest BCUT2D eigenvalue weighted by atomic mass is 79.9. The average Bonchev–Trinajstić information content (AvgIpc) is 2.52. The lowest BCUT2D eigenvalue weighted by molar-refractivity contribution is -0.141. The van der Waals surface area contributed by atoms with Crippen LogP contribution in [0.1, 0.15) is 18.9 Å². The molecule has 0 bridgehead atoms. The molecule has 3 nitrogen and oxygen atoms in total. The van der Waals surface area contributed by atoms with Gasteiger partial charge >= 0.3 is 5.97 Å². The molecule has 0 N–H and O–H groups in total. The van der Waals surface area contributed by atoms with Gasteiger partial charge in [-0.1, -0.05) is 24.3 Å². The summed E-state index contributed by atoms with van der Waals surface area (Å²) < 4.78 is 33.2. The molecule has 0 amide bonds. The summed E-state index contributed by atoms with van der Waals surface area (Å²) in [6.07, 6.45) is -0.249. The van der Waals surface area contributed by atoms with Crippen LogP contribution in [0.2, 0.25) is 0 Å². The third-order valence-corrected chi connectivity index (χ3v) is 3.60. The Kier molecular flexibility index (Phi) is 5.98. The Morgan fingerprint density at radius 2 is 1.91 bits per heavy atom. The Labute approximate surface area is 141 Å². The first-order valence-corrected chi connectivity index (χ1v) is 7.74. The molecule has 0 saturated heterocycles. The maximum atomic E-state index is 14.1. The van der Waals surface area contributed by atoms with Crippen molar-refractivity contribution in [2.75, 3.05) is 6.61 Å². The van der Waals surface area contributed by atoms with Crippen molar-refractivity contribution in [1.29, 1.82) is 0 Å². The van der Waals surface area contributed by atoms with Crippen LogP contribution in [-0.4, -0.2) is 18.3 Å². The summed E-state index contributed by atoms with van der Waals surface area (Å²) in [5.41, 5.74) is 0.264. The highest BCUT2D eigenvalue weighted by Crippen LogP contribution is 2.26. The van der Waals surface area contributed by atoms with Crippen molar-refractivity contribution in [3.05, 3.63) is 64.1 Å². The molecule has 0 aliphatic carbocycles. The summed E-state index contributed by atoms with van der Waals surface area (Å²) in [5, 5.41) is 0. The third-order valence-electron chi connectivity index (χ3n) is 2.99. The molecule has 0 aliphatic heterocycles. The molecule has 0 unspecified atom stereocenters. The van der Waals surface area contributed by atoms with Crippen LogP contribution in [-0.2, 0) is 9.53 Å². The van der Waals surface area contributed by atoms with Gasteiger partial charge in [0.05, 0.1) is 23.2 Å². The highest BCUT2D eigenvalue weighted by Gasteiger charge is 2.16. The van der Waals surface area contributed by atoms with E-state index in [0.717, 1.165) is 0 Å². The van der Waals surface area contributed by atoms with Crippen LogP contribution in [0.4, 0.5) is 14.5 Å². The Morgan fingerprint density at radius 1 is 1.17 bits per heavy atom. The Hall–Kier alpha value is -2.08. The molecule has 120 valence electrons. The minimum atomic E-state index is -0.579. The first-order chi connectivity index (χ1) is 11.0. The summed E-state index contributed by atoms with van der Waals surface area (Å²) in [4.78, 5) is 15.9. The molecule has 0 heterocycles. The van der Waals surface area contributed by atoms with E-state index in [-0.39, 0.29) is 34.5 Å². The fraction of sp³-hybridized carbons (Fsp3) is 0.176. The van der Waals surface area contributed by atoms with Gasteiger partial charge < -0.3 is 4.74 Å². The van der Waals surface area contributed by atoms with Gasteiger partial charge in [-0.05, 0) is 41.1 Å². The standard InChI is InChI=1S/C17H14BrF2NO2/c1-2-23-16(22)10-15(11-6-3-4-8-13(11)19)21-14-9-5-7-12(18)17(14)20/h3-9H,2,10H2,1H3. The highest BCUT2D eigenvalue weighted by molar-refractivity contribution is 9.10. The topological polar surface area (TPSA) is 38.7 Å². The zero-order chi connectivity index (χ0) is 16.8. The fourth-order valence-electron chi connectivity index (χ4n) is 1.96. The molecule has 2 aromatic rings. The summed E-state index contributed by atoms with van der Waals surface area (Å²) in [6.45, 7) is 1.88. The quantitative estimate of drug-likeness (QED) is 0.550. The van der Waals surface area contributed by atoms with Crippen molar-refractivity contribution >= 4 is 33.3 Å². The van der Waals surface area contributed by atoms with E-state index in [0.29, 0.717) is 0 Å². The first kappa shape index (κ1) is 17.3. The van der Waals surface area contributed by atoms with Gasteiger partial charge in [-0.15, -0.1) is 0 Å². The molecule has 0 spiro atoms. The van der Waals surface area contributed by atoms with Gasteiger partial charge in [0, 0.05) is 5.56 Å². The van der Waals surface area contributed by atoms with Crippen LogP contribution < -0.4 is 0 Å². The van der Waals surface area contributed by atoms with Crippen molar-refractivity contribution in [2.45, 2.75) is 13.3 Å². The van der Waals surface area contributed by atoms with Crippen LogP contribution in [0, 0.1) is 11.6 Å². The number of hydrogen-bond acceptors (Lipinski definition) is 3. The van der Waals surface area contributed by atoms with Gasteiger partial charge in [-0.25, -0.2) is 13.8 Å². The summed E-state index contributed by atoms with van der Waals surface area (Å²) >= 11 is 3.07. The van der Waals surface area contributed by atoms with Crippen molar-refractivity contribution in [2.24, 2.45) is 4.99 Å². The molecule has 0 atom stereocenters. The lowest BCUT2D eigenvalue weighted by Gasteiger charge is -2.09. The molecule has 2 rings (SSSR count). The predicted molar refractivity (Wildman–Crippen MR) is 87.9 cm³/mol. The number of nitrogens with zero attached hydrogens (tertiary/aromatic N) is 1. The minimum absolute atomic E-state index is 0.0157. The molecular weight excluding hydrogens is 368 g/mol. The zero-order valence-electron chi connectivity index (χ0n) is 12.4. The van der Waals surface area contributed by atoms with Crippen LogP contribution in [0.5, 0.6) is 0 Å². The van der Waals surface area contributed by atoms with E-state index in [9.17, 15) is 13.6 Å². The normalized spacial score (nSPS) is 11.4. The van der Waals surface area contributed by atoms with Gasteiger partial charge in [-0.3, -0.25) is 4.79 Å². The lowest BCUT2D eigenvalue weighted by atomic mass is 10.1. The number of hydrogen-bond donors (Lipinski definition) is 0. The van der Waals surface area contributed by atoms with E-state index in [4.69, 9.17) is 4.74 Å². The second kappa shape index (κ2) is 7.97. The molecule has 0 saturated carbocycles. The molecule has 2 aromatic carbocycles. The van der Waals surface area contributed by atoms with E-state index in [1.54, 1.807) is 19.1 Å². The zero-order valence-corrected chi connectivity index (χ0v) is 13.9. The van der Waals surface area contributed by atoms with E-state index >= 15 is 0 Å². The average molecular weight is 382 g/mol. The maximum absolute atomic E-state index is 14.1. The van der Waals surface area contributed by atoms with Crippen LogP contribution >= 0.6 is 15.9 Å². The number of carbonyl (C=O) groups excluding carboxylic acids is 1. The Balaban J connectivity index is 2.49. The first-order valence-electron chi connectivity index (χ1n) is 6.95. The summed E-state index contributed by atoms with van der Waals surface area (Å²) in [5.74, 6) is -1.67. The predicted octanol–water partition coefficient (Wildman–Crippen LogP) is 4.80. The fourth-order valence-corrected chi connectivity index (χ4v) is 2.32. The lowest BCUT2D eigenvalue weighted by Crippen LogP contribution is -2.13. The molecule has 0 aromatic heterocycles.